The number of ketones is 1. The van der Waals surface area contributed by atoms with Crippen LogP contribution in [0.3, 0.4) is 0 Å². The molecule has 3 aromatic rings. The Hall–Kier alpha value is -4.45. The number of carbonyl (C=O) groups excluding carboxylic acids is 3. The van der Waals surface area contributed by atoms with Gasteiger partial charge in [0.15, 0.2) is 5.78 Å². The quantitative estimate of drug-likeness (QED) is 0.108. The molecule has 0 fully saturated rings. The van der Waals surface area contributed by atoms with Crippen LogP contribution in [0.15, 0.2) is 91.0 Å². The molecule has 0 atom stereocenters. The first kappa shape index (κ1) is 27.6. The third-order valence-corrected chi connectivity index (χ3v) is 6.36. The van der Waals surface area contributed by atoms with E-state index in [0.717, 1.165) is 55.6 Å². The van der Waals surface area contributed by atoms with E-state index in [0.29, 0.717) is 29.9 Å². The maximum atomic E-state index is 12.2. The topological polar surface area (TPSA) is 81.7 Å². The number of allylic oxidation sites excluding steroid dienone is 1. The van der Waals surface area contributed by atoms with E-state index >= 15 is 0 Å². The summed E-state index contributed by atoms with van der Waals surface area (Å²) in [5, 5.41) is 2.25. The number of amides is 2. The molecular formula is C33H33NO5. The molecule has 6 nitrogen and oxygen atoms in total. The van der Waals surface area contributed by atoms with Gasteiger partial charge in [0.05, 0.1) is 18.8 Å². The Morgan fingerprint density at radius 1 is 0.692 bits per heavy atom. The number of hydrogen-bond donors (Lipinski definition) is 1. The standard InChI is InChI=1S/C33H33NO5/c35-31(27-10-6-5-7-11-27)21-14-25-12-17-28(18-13-25)38-22-8-3-1-2-4-9-23-39-29-19-15-26(16-20-29)30-24-32(36)34-33(30)37/h5-7,10-21,24H,1-4,8-9,22-23H2,(H,34,36,37). The molecular weight excluding hydrogens is 490 g/mol. The van der Waals surface area contributed by atoms with E-state index in [-0.39, 0.29) is 17.6 Å². The van der Waals surface area contributed by atoms with E-state index < -0.39 is 0 Å². The zero-order chi connectivity index (χ0) is 27.3. The summed E-state index contributed by atoms with van der Waals surface area (Å²) in [6.45, 7) is 1.34. The fraction of sp³-hybridized carbons (Fsp3) is 0.242. The highest BCUT2D eigenvalue weighted by Crippen LogP contribution is 2.21. The second kappa shape index (κ2) is 14.5. The van der Waals surface area contributed by atoms with Crippen molar-refractivity contribution < 1.29 is 23.9 Å². The number of hydrogen-bond acceptors (Lipinski definition) is 5. The molecule has 39 heavy (non-hydrogen) atoms. The molecule has 0 aromatic heterocycles. The predicted molar refractivity (Wildman–Crippen MR) is 153 cm³/mol. The van der Waals surface area contributed by atoms with Crippen molar-refractivity contribution in [1.82, 2.24) is 5.32 Å². The van der Waals surface area contributed by atoms with E-state index in [4.69, 9.17) is 9.47 Å². The van der Waals surface area contributed by atoms with Gasteiger partial charge in [-0.3, -0.25) is 19.7 Å². The highest BCUT2D eigenvalue weighted by atomic mass is 16.5. The molecule has 1 aliphatic rings. The van der Waals surface area contributed by atoms with E-state index in [2.05, 4.69) is 5.32 Å². The normalized spacial score (nSPS) is 12.9. The average molecular weight is 524 g/mol. The van der Waals surface area contributed by atoms with E-state index in [1.165, 1.54) is 6.08 Å². The largest absolute Gasteiger partial charge is 0.494 e. The summed E-state index contributed by atoms with van der Waals surface area (Å²) in [6, 6.07) is 24.2. The minimum atomic E-state index is -0.378. The summed E-state index contributed by atoms with van der Waals surface area (Å²) in [5.41, 5.74) is 2.73. The Kier molecular flexibility index (Phi) is 10.2. The summed E-state index contributed by atoms with van der Waals surface area (Å²) in [4.78, 5) is 35.2. The van der Waals surface area contributed by atoms with Gasteiger partial charge < -0.3 is 9.47 Å². The third-order valence-electron chi connectivity index (χ3n) is 6.36. The van der Waals surface area contributed by atoms with Gasteiger partial charge in [0, 0.05) is 11.6 Å². The third kappa shape index (κ3) is 8.82. The molecule has 1 heterocycles. The Balaban J connectivity index is 1.02. The molecule has 1 aliphatic heterocycles. The molecule has 4 rings (SSSR count). The van der Waals surface area contributed by atoms with Gasteiger partial charge in [0.2, 0.25) is 0 Å². The highest BCUT2D eigenvalue weighted by molar-refractivity contribution is 6.33. The maximum absolute atomic E-state index is 12.2. The van der Waals surface area contributed by atoms with Gasteiger partial charge in [-0.05, 0) is 54.3 Å². The van der Waals surface area contributed by atoms with Gasteiger partial charge in [-0.2, -0.15) is 0 Å². The minimum absolute atomic E-state index is 0.0102. The SMILES string of the molecule is O=C1C=C(c2ccc(OCCCCCCCCOc3ccc(C=CC(=O)c4ccccc4)cc3)cc2)C(=O)N1. The lowest BCUT2D eigenvalue weighted by molar-refractivity contribution is -0.123. The van der Waals surface area contributed by atoms with Crippen LogP contribution in [-0.4, -0.2) is 30.8 Å². The molecule has 1 N–H and O–H groups in total. The van der Waals surface area contributed by atoms with Crippen LogP contribution in [0, 0.1) is 0 Å². The number of benzene rings is 3. The Bertz CT molecular complexity index is 1310. The number of nitrogens with one attached hydrogen (secondary N) is 1. The average Bonchev–Trinajstić information content (AvgIpc) is 3.31. The Morgan fingerprint density at radius 3 is 1.82 bits per heavy atom. The van der Waals surface area contributed by atoms with Crippen LogP contribution < -0.4 is 14.8 Å². The molecule has 2 amide bonds. The number of ether oxygens (including phenoxy) is 2. The summed E-state index contributed by atoms with van der Waals surface area (Å²) >= 11 is 0. The van der Waals surface area contributed by atoms with Crippen LogP contribution >= 0.6 is 0 Å². The van der Waals surface area contributed by atoms with Crippen molar-refractivity contribution in [2.45, 2.75) is 38.5 Å². The van der Waals surface area contributed by atoms with E-state index in [1.54, 1.807) is 18.2 Å². The molecule has 3 aromatic carbocycles. The van der Waals surface area contributed by atoms with Crippen molar-refractivity contribution in [1.29, 1.82) is 0 Å². The maximum Gasteiger partial charge on any atom is 0.258 e. The zero-order valence-corrected chi connectivity index (χ0v) is 21.9. The molecule has 0 radical (unpaired) electrons. The lowest BCUT2D eigenvalue weighted by atomic mass is 10.1. The second-order valence-electron chi connectivity index (χ2n) is 9.35. The summed E-state index contributed by atoms with van der Waals surface area (Å²) in [6.07, 6.45) is 11.3. The fourth-order valence-electron chi connectivity index (χ4n) is 4.19. The van der Waals surface area contributed by atoms with Crippen molar-refractivity contribution >= 4 is 29.2 Å². The zero-order valence-electron chi connectivity index (χ0n) is 21.9. The highest BCUT2D eigenvalue weighted by Gasteiger charge is 2.21. The lowest BCUT2D eigenvalue weighted by Crippen LogP contribution is -2.21. The van der Waals surface area contributed by atoms with Gasteiger partial charge in [-0.15, -0.1) is 0 Å². The van der Waals surface area contributed by atoms with Crippen LogP contribution in [0.1, 0.15) is 60.0 Å². The van der Waals surface area contributed by atoms with E-state index in [1.807, 2.05) is 72.8 Å². The lowest BCUT2D eigenvalue weighted by Gasteiger charge is -2.08. The molecule has 200 valence electrons. The smallest absolute Gasteiger partial charge is 0.258 e. The number of carbonyl (C=O) groups is 3. The van der Waals surface area contributed by atoms with Crippen molar-refractivity contribution in [2.24, 2.45) is 0 Å². The monoisotopic (exact) mass is 523 g/mol. The van der Waals surface area contributed by atoms with Crippen molar-refractivity contribution in [3.05, 3.63) is 108 Å². The van der Waals surface area contributed by atoms with Crippen LogP contribution in [0.25, 0.3) is 11.6 Å². The van der Waals surface area contributed by atoms with Crippen molar-refractivity contribution in [3.8, 4) is 11.5 Å². The molecule has 0 saturated carbocycles. The van der Waals surface area contributed by atoms with Crippen LogP contribution in [0.4, 0.5) is 0 Å². The molecule has 6 heteroatoms. The van der Waals surface area contributed by atoms with Gasteiger partial charge >= 0.3 is 0 Å². The number of unbranched alkanes of at least 4 members (excludes halogenated alkanes) is 5. The van der Waals surface area contributed by atoms with Gasteiger partial charge in [-0.1, -0.05) is 86.4 Å². The number of rotatable bonds is 15. The molecule has 0 aliphatic carbocycles. The van der Waals surface area contributed by atoms with Gasteiger partial charge in [-0.25, -0.2) is 0 Å². The van der Waals surface area contributed by atoms with Crippen LogP contribution in [-0.2, 0) is 9.59 Å². The fourth-order valence-corrected chi connectivity index (χ4v) is 4.19. The minimum Gasteiger partial charge on any atom is -0.494 e. The van der Waals surface area contributed by atoms with Crippen molar-refractivity contribution in [2.75, 3.05) is 13.2 Å². The summed E-state index contributed by atoms with van der Waals surface area (Å²) in [7, 11) is 0. The summed E-state index contributed by atoms with van der Waals surface area (Å²) < 4.78 is 11.6. The second-order valence-corrected chi connectivity index (χ2v) is 9.35. The predicted octanol–water partition coefficient (Wildman–Crippen LogP) is 6.42. The first-order valence-electron chi connectivity index (χ1n) is 13.4. The molecule has 0 spiro atoms. The van der Waals surface area contributed by atoms with Crippen LogP contribution in [0.2, 0.25) is 0 Å². The first-order valence-corrected chi connectivity index (χ1v) is 13.4. The Morgan fingerprint density at radius 2 is 1.26 bits per heavy atom. The Labute approximate surface area is 229 Å². The summed E-state index contributed by atoms with van der Waals surface area (Å²) in [5.74, 6) is 0.840. The van der Waals surface area contributed by atoms with E-state index in [9.17, 15) is 14.4 Å². The molecule has 0 unspecified atom stereocenters. The van der Waals surface area contributed by atoms with Gasteiger partial charge in [0.25, 0.3) is 11.8 Å². The van der Waals surface area contributed by atoms with Crippen molar-refractivity contribution in [3.63, 3.8) is 0 Å². The van der Waals surface area contributed by atoms with Gasteiger partial charge in [0.1, 0.15) is 11.5 Å². The number of imide groups is 1. The molecule has 0 bridgehead atoms. The van der Waals surface area contributed by atoms with Crippen LogP contribution in [0.5, 0.6) is 11.5 Å². The first-order chi connectivity index (χ1) is 19.1. The molecule has 0 saturated heterocycles.